The summed E-state index contributed by atoms with van der Waals surface area (Å²) in [5, 5.41) is 0. The van der Waals surface area contributed by atoms with E-state index in [9.17, 15) is 13.2 Å². The van der Waals surface area contributed by atoms with E-state index in [1.807, 2.05) is 6.92 Å². The Morgan fingerprint density at radius 2 is 2.12 bits per heavy atom. The highest BCUT2D eigenvalue weighted by Crippen LogP contribution is 2.16. The molecule has 0 aromatic carbocycles. The van der Waals surface area contributed by atoms with Crippen LogP contribution in [0.5, 0.6) is 0 Å². The predicted molar refractivity (Wildman–Crippen MR) is 63.7 cm³/mol. The maximum Gasteiger partial charge on any atom is 0.344 e. The van der Waals surface area contributed by atoms with Crippen LogP contribution in [0.15, 0.2) is 16.2 Å². The second kappa shape index (κ2) is 5.31. The molecule has 0 amide bonds. The quantitative estimate of drug-likeness (QED) is 0.703. The molecule has 1 rings (SSSR count). The van der Waals surface area contributed by atoms with E-state index in [0.717, 1.165) is 4.31 Å². The molecule has 0 atom stereocenters. The van der Waals surface area contributed by atoms with Crippen molar-refractivity contribution in [2.24, 2.45) is 4.40 Å². The second-order valence-corrected chi connectivity index (χ2v) is 5.08. The average Bonchev–Trinajstić information content (AvgIpc) is 2.25. The zero-order valence-corrected chi connectivity index (χ0v) is 11.0. The van der Waals surface area contributed by atoms with Gasteiger partial charge in [-0.3, -0.25) is 4.31 Å². The van der Waals surface area contributed by atoms with E-state index in [-0.39, 0.29) is 17.8 Å². The van der Waals surface area contributed by atoms with Gasteiger partial charge in [0, 0.05) is 12.7 Å². The molecule has 0 saturated heterocycles. The predicted octanol–water partition coefficient (Wildman–Crippen LogP) is 0.865. The molecule has 1 heterocycles. The molecule has 0 aromatic rings. The maximum absolute atomic E-state index is 11.6. The van der Waals surface area contributed by atoms with Crippen LogP contribution in [0.3, 0.4) is 0 Å². The Morgan fingerprint density at radius 3 is 2.65 bits per heavy atom. The van der Waals surface area contributed by atoms with Crippen LogP contribution in [0.25, 0.3) is 0 Å². The van der Waals surface area contributed by atoms with Gasteiger partial charge in [-0.15, -0.1) is 4.40 Å². The molecular weight excluding hydrogens is 244 g/mol. The van der Waals surface area contributed by atoms with Crippen LogP contribution in [0, 0.1) is 0 Å². The van der Waals surface area contributed by atoms with E-state index < -0.39 is 16.2 Å². The Morgan fingerprint density at radius 1 is 1.47 bits per heavy atom. The Kier molecular flexibility index (Phi) is 4.28. The van der Waals surface area contributed by atoms with Crippen molar-refractivity contribution in [1.29, 1.82) is 0 Å². The molecule has 0 spiro atoms. The topological polar surface area (TPSA) is 76.0 Å². The van der Waals surface area contributed by atoms with Gasteiger partial charge in [-0.05, 0) is 20.3 Å². The molecule has 6 nitrogen and oxygen atoms in total. The zero-order chi connectivity index (χ0) is 13.1. The van der Waals surface area contributed by atoms with Crippen molar-refractivity contribution in [3.05, 3.63) is 11.8 Å². The Balaban J connectivity index is 2.98. The molecule has 0 unspecified atom stereocenters. The summed E-state index contributed by atoms with van der Waals surface area (Å²) in [5.74, 6) is -0.540. The number of hydrogen-bond acceptors (Lipinski definition) is 4. The first-order valence-electron chi connectivity index (χ1n) is 5.40. The van der Waals surface area contributed by atoms with Crippen LogP contribution in [-0.4, -0.2) is 37.6 Å². The highest BCUT2D eigenvalue weighted by atomic mass is 32.2. The molecule has 7 heteroatoms. The number of esters is 1. The van der Waals surface area contributed by atoms with Crippen molar-refractivity contribution in [3.63, 3.8) is 0 Å². The molecule has 96 valence electrons. The van der Waals surface area contributed by atoms with Crippen molar-refractivity contribution in [2.45, 2.75) is 27.2 Å². The normalized spacial score (nSPS) is 18.4. The summed E-state index contributed by atoms with van der Waals surface area (Å²) in [7, 11) is -3.67. The minimum atomic E-state index is -3.67. The summed E-state index contributed by atoms with van der Waals surface area (Å²) in [4.78, 5) is 11.6. The van der Waals surface area contributed by atoms with Gasteiger partial charge < -0.3 is 4.74 Å². The van der Waals surface area contributed by atoms with E-state index in [0.29, 0.717) is 13.0 Å². The minimum Gasteiger partial charge on any atom is -0.462 e. The first-order chi connectivity index (χ1) is 7.92. The van der Waals surface area contributed by atoms with Crippen molar-refractivity contribution in [2.75, 3.05) is 13.2 Å². The molecule has 17 heavy (non-hydrogen) atoms. The Hall–Kier alpha value is -1.37. The Labute approximate surface area is 101 Å². The second-order valence-electron chi connectivity index (χ2n) is 3.54. The largest absolute Gasteiger partial charge is 0.462 e. The fourth-order valence-electron chi connectivity index (χ4n) is 1.31. The fraction of sp³-hybridized carbons (Fsp3) is 0.600. The highest BCUT2D eigenvalue weighted by molar-refractivity contribution is 7.88. The van der Waals surface area contributed by atoms with Crippen LogP contribution in [-0.2, 0) is 19.7 Å². The Bertz CT molecular complexity index is 465. The van der Waals surface area contributed by atoms with Gasteiger partial charge in [0.2, 0.25) is 0 Å². The van der Waals surface area contributed by atoms with Gasteiger partial charge in [0.1, 0.15) is 0 Å². The van der Waals surface area contributed by atoms with Crippen LogP contribution in [0.2, 0.25) is 0 Å². The number of carbonyl (C=O) groups excluding carboxylic acids is 1. The molecule has 0 bridgehead atoms. The van der Waals surface area contributed by atoms with Crippen molar-refractivity contribution >= 4 is 21.9 Å². The minimum absolute atomic E-state index is 0.163. The van der Waals surface area contributed by atoms with E-state index in [4.69, 9.17) is 4.74 Å². The molecule has 0 aromatic heterocycles. The first-order valence-corrected chi connectivity index (χ1v) is 6.79. The summed E-state index contributed by atoms with van der Waals surface area (Å²) in [5.41, 5.74) is 0.353. The molecule has 1 aliphatic heterocycles. The van der Waals surface area contributed by atoms with Gasteiger partial charge in [-0.25, -0.2) is 4.79 Å². The molecule has 0 aliphatic carbocycles. The maximum atomic E-state index is 11.6. The zero-order valence-electron chi connectivity index (χ0n) is 10.1. The number of nitrogens with zero attached hydrogens (tertiary/aromatic N) is 2. The van der Waals surface area contributed by atoms with Gasteiger partial charge in [0.05, 0.1) is 17.9 Å². The third-order valence-corrected chi connectivity index (χ3v) is 3.64. The molecule has 0 radical (unpaired) electrons. The number of carbonyl (C=O) groups is 1. The van der Waals surface area contributed by atoms with Crippen molar-refractivity contribution < 1.29 is 17.9 Å². The van der Waals surface area contributed by atoms with E-state index in [1.165, 1.54) is 13.1 Å². The third kappa shape index (κ3) is 3.06. The fourth-order valence-corrected chi connectivity index (χ4v) is 2.42. The standard InChI is InChI=1S/C10H16N2O4S/c1-4-6-16-10(13)9-7-12(5-2)17(14,15)11-8(9)3/h7H,4-6H2,1-3H3. The molecule has 0 saturated carbocycles. The number of rotatable bonds is 4. The van der Waals surface area contributed by atoms with Crippen LogP contribution >= 0.6 is 0 Å². The van der Waals surface area contributed by atoms with Gasteiger partial charge in [-0.2, -0.15) is 8.42 Å². The van der Waals surface area contributed by atoms with Gasteiger partial charge in [-0.1, -0.05) is 6.92 Å². The van der Waals surface area contributed by atoms with Gasteiger partial charge >= 0.3 is 16.2 Å². The van der Waals surface area contributed by atoms with Gasteiger partial charge in [0.15, 0.2) is 0 Å². The molecule has 1 aliphatic rings. The number of ether oxygens (including phenoxy) is 1. The lowest BCUT2D eigenvalue weighted by atomic mass is 10.2. The molecule has 0 fully saturated rings. The van der Waals surface area contributed by atoms with Gasteiger partial charge in [0.25, 0.3) is 0 Å². The van der Waals surface area contributed by atoms with Crippen LogP contribution < -0.4 is 0 Å². The van der Waals surface area contributed by atoms with E-state index in [1.54, 1.807) is 6.92 Å². The summed E-state index contributed by atoms with van der Waals surface area (Å²) in [6.45, 7) is 5.56. The van der Waals surface area contributed by atoms with Crippen molar-refractivity contribution in [3.8, 4) is 0 Å². The lowest BCUT2D eigenvalue weighted by Gasteiger charge is -2.21. The smallest absolute Gasteiger partial charge is 0.344 e. The summed E-state index contributed by atoms with van der Waals surface area (Å²) in [6, 6.07) is 0. The number of hydrogen-bond donors (Lipinski definition) is 0. The summed E-state index contributed by atoms with van der Waals surface area (Å²) < 4.78 is 32.6. The monoisotopic (exact) mass is 260 g/mol. The SMILES string of the molecule is CCCOC(=O)C1=CN(CC)S(=O)(=O)N=C1C. The molecular formula is C10H16N2O4S. The van der Waals surface area contributed by atoms with E-state index >= 15 is 0 Å². The molecule has 0 N–H and O–H groups in total. The van der Waals surface area contributed by atoms with Crippen LogP contribution in [0.4, 0.5) is 0 Å². The lowest BCUT2D eigenvalue weighted by molar-refractivity contribution is -0.138. The first kappa shape index (κ1) is 13.7. The highest BCUT2D eigenvalue weighted by Gasteiger charge is 2.27. The van der Waals surface area contributed by atoms with Crippen molar-refractivity contribution in [1.82, 2.24) is 4.31 Å². The van der Waals surface area contributed by atoms with Crippen LogP contribution in [0.1, 0.15) is 27.2 Å². The average molecular weight is 260 g/mol. The third-order valence-electron chi connectivity index (χ3n) is 2.18. The summed E-state index contributed by atoms with van der Waals surface area (Å²) in [6.07, 6.45) is 1.99. The lowest BCUT2D eigenvalue weighted by Crippen LogP contribution is -2.31. The van der Waals surface area contributed by atoms with E-state index in [2.05, 4.69) is 4.40 Å². The summed E-state index contributed by atoms with van der Waals surface area (Å²) >= 11 is 0.